The van der Waals surface area contributed by atoms with E-state index in [0.29, 0.717) is 94.9 Å². The third kappa shape index (κ3) is 17.0. The van der Waals surface area contributed by atoms with Crippen molar-refractivity contribution in [2.24, 2.45) is 0 Å². The number of aliphatic hydroxyl groups excluding tert-OH is 3. The topological polar surface area (TPSA) is 268 Å². The van der Waals surface area contributed by atoms with Crippen LogP contribution in [0, 0.1) is 17.5 Å². The molecule has 7 saturated heterocycles. The maximum Gasteiger partial charge on any atom is 0.198 e. The first-order valence-corrected chi connectivity index (χ1v) is 42.2. The number of aliphatic hydroxyl groups is 3. The van der Waals surface area contributed by atoms with Gasteiger partial charge < -0.3 is 87.0 Å². The fourth-order valence-corrected chi connectivity index (χ4v) is 14.8. The summed E-state index contributed by atoms with van der Waals surface area (Å²) < 4.78 is 123. The van der Waals surface area contributed by atoms with Crippen LogP contribution in [0.2, 0.25) is 51.4 Å². The van der Waals surface area contributed by atoms with E-state index in [2.05, 4.69) is 80.0 Å². The van der Waals surface area contributed by atoms with E-state index in [0.717, 1.165) is 57.1 Å². The summed E-state index contributed by atoms with van der Waals surface area (Å²) in [5.41, 5.74) is 5.11. The minimum atomic E-state index is -1.27. The number of aromatic hydroxyl groups is 1. The molecule has 7 aliphatic heterocycles. The molecule has 6 aromatic heterocycles. The fraction of sp³-hybridized carbons (Fsp3) is 0.529. The van der Waals surface area contributed by atoms with Gasteiger partial charge in [-0.1, -0.05) is 39.3 Å². The second kappa shape index (κ2) is 31.3. The van der Waals surface area contributed by atoms with Gasteiger partial charge >= 0.3 is 0 Å². The maximum absolute atomic E-state index is 15.2. The zero-order valence-electron chi connectivity index (χ0n) is 56.7. The Morgan fingerprint density at radius 3 is 1.52 bits per heavy atom. The third-order valence-electron chi connectivity index (χ3n) is 18.6. The van der Waals surface area contributed by atoms with E-state index < -0.39 is 64.1 Å². The minimum Gasteiger partial charge on any atom is -0.508 e. The van der Waals surface area contributed by atoms with E-state index in [9.17, 15) is 29.2 Å². The highest BCUT2D eigenvalue weighted by molar-refractivity contribution is 9.10. The Hall–Kier alpha value is -6.31. The van der Waals surface area contributed by atoms with Gasteiger partial charge in [0.25, 0.3) is 0 Å². The molecule has 540 valence electrons. The molecule has 0 spiro atoms. The summed E-state index contributed by atoms with van der Waals surface area (Å²) in [6.07, 6.45) is -4.36. The second-order valence-corrected chi connectivity index (χ2v) is 40.5. The van der Waals surface area contributed by atoms with Gasteiger partial charge in [-0.2, -0.15) is 0 Å². The number of hydrogen-bond donors (Lipinski definition) is 5. The van der Waals surface area contributed by atoms with Crippen LogP contribution in [0.5, 0.6) is 29.1 Å². The van der Waals surface area contributed by atoms with Gasteiger partial charge in [0.15, 0.2) is 53.4 Å². The number of aromatic nitrogens is 6. The third-order valence-corrected chi connectivity index (χ3v) is 22.5. The van der Waals surface area contributed by atoms with Crippen LogP contribution in [-0.4, -0.2) is 236 Å². The van der Waals surface area contributed by atoms with E-state index in [4.69, 9.17) is 61.6 Å². The molecule has 0 radical (unpaired) electrons. The van der Waals surface area contributed by atoms with Gasteiger partial charge in [-0.15, -0.1) is 0 Å². The largest absolute Gasteiger partial charge is 0.508 e. The maximum atomic E-state index is 15.2. The van der Waals surface area contributed by atoms with Crippen LogP contribution in [0.15, 0.2) is 89.5 Å². The number of fused-ring (bicyclic) bond motifs is 6. The monoisotopic (exact) mass is 1490 g/mol. The standard InChI is InChI=1S/C26H30FN3O6.C25H31FN2O6Si.C19H26BrFN2O5Si/c27-18-12-19-20(13-23(28-19)36-22-15-35-25-21(31)14-34-26(22)25)29-24(18)16-2-4-17(5-3-16)33-9-1-6-30-7-10-32-11-8-30;1-35(2,3)9-8-31-14-28-19-10-17(26)23(15-4-6-16(29)7-5-15)27-18(19)11-22(28)34-21-13-33-24-20(30)12-32-25(21)24;1-29(2,3)5-4-25-10-23-13-6-11(21)19(20)22-12(13)7-16(23)28-15-9-27-17-14(24)8-26-18(15)17/h2-5,12-13,21-22,25-26,28,31H,1,6-11,14-15H2;4-7,10-11,20-21,24-25,29-30H,8-9,12-14H2,1-3H3;6-7,14-15,17-18,24H,4-5,8-10H2,1-3H3/t21-,22-,25-,26-;20-,21-,24-,25-;14-,15-,17-,18-/m111/s1. The van der Waals surface area contributed by atoms with E-state index in [1.165, 1.54) is 30.3 Å². The molecule has 0 aliphatic carbocycles. The SMILES string of the molecule is C[Si](C)(C)CCOCn1c(O[C@@H]2CO[C@H]3[C@@H]2OC[C@H]3O)cc2nc(-c3ccc(O)cc3)c(F)cc21.C[Si](C)(C)CCOCn1c(O[C@@H]2CO[C@H]3[C@@H]2OC[C@H]3O)cc2nc(Br)c(F)cc21.O[C@@H]1CO[C@H]2[C@@H]1OC[C@H]2Oc1cc2nc(-c3ccc(OCCCN4CCOCC4)cc3)c(F)cc2[nH]1. The predicted octanol–water partition coefficient (Wildman–Crippen LogP) is 9.30. The highest BCUT2D eigenvalue weighted by Crippen LogP contribution is 2.38. The number of morpholine rings is 1. The lowest BCUT2D eigenvalue weighted by molar-refractivity contribution is 0.00475. The first-order chi connectivity index (χ1) is 48.1. The molecular formula is C70H87BrF3N7O17Si2. The molecule has 0 unspecified atom stereocenters. The summed E-state index contributed by atoms with van der Waals surface area (Å²) in [5, 5.41) is 39.5. The van der Waals surface area contributed by atoms with Gasteiger partial charge in [-0.05, 0) is 83.0 Å². The number of nitrogens with zero attached hydrogens (tertiary/aromatic N) is 6. The van der Waals surface area contributed by atoms with Crippen molar-refractivity contribution in [3.8, 4) is 51.7 Å². The van der Waals surface area contributed by atoms with E-state index in [1.807, 2.05) is 24.3 Å². The summed E-state index contributed by atoms with van der Waals surface area (Å²) in [5.74, 6) is 0.925. The lowest BCUT2D eigenvalue weighted by Crippen LogP contribution is -2.37. The Balaban J connectivity index is 0.000000135. The predicted molar refractivity (Wildman–Crippen MR) is 371 cm³/mol. The van der Waals surface area contributed by atoms with Crippen molar-refractivity contribution in [1.29, 1.82) is 0 Å². The van der Waals surface area contributed by atoms with Crippen molar-refractivity contribution in [3.05, 3.63) is 107 Å². The summed E-state index contributed by atoms with van der Waals surface area (Å²) in [6.45, 7) is 22.1. The molecule has 13 heterocycles. The lowest BCUT2D eigenvalue weighted by Gasteiger charge is -2.26. The van der Waals surface area contributed by atoms with Gasteiger partial charge in [-0.3, -0.25) is 14.0 Å². The number of phenols is 1. The van der Waals surface area contributed by atoms with Crippen molar-refractivity contribution >= 4 is 65.2 Å². The van der Waals surface area contributed by atoms with Gasteiger partial charge in [-0.25, -0.2) is 28.1 Å². The molecule has 0 saturated carbocycles. The van der Waals surface area contributed by atoms with Crippen LogP contribution in [0.1, 0.15) is 6.42 Å². The van der Waals surface area contributed by atoms with E-state index in [1.54, 1.807) is 39.5 Å². The number of ether oxygens (including phenoxy) is 13. The number of halogens is 4. The van der Waals surface area contributed by atoms with Crippen LogP contribution in [0.3, 0.4) is 0 Å². The zero-order chi connectivity index (χ0) is 70.0. The van der Waals surface area contributed by atoms with Crippen LogP contribution >= 0.6 is 15.9 Å². The Morgan fingerprint density at radius 1 is 0.540 bits per heavy atom. The molecule has 30 heteroatoms. The second-order valence-electron chi connectivity index (χ2n) is 28.5. The molecule has 2 aromatic carbocycles. The smallest absolute Gasteiger partial charge is 0.198 e. The normalized spacial score (nSPS) is 25.8. The Bertz CT molecular complexity index is 4080. The summed E-state index contributed by atoms with van der Waals surface area (Å²) >= 11 is 3.14. The average Bonchev–Trinajstić information content (AvgIpc) is 1.62. The van der Waals surface area contributed by atoms with Crippen LogP contribution in [0.4, 0.5) is 13.2 Å². The summed E-state index contributed by atoms with van der Waals surface area (Å²) in [7, 11) is -2.48. The molecule has 0 bridgehead atoms. The number of nitrogens with one attached hydrogen (secondary N) is 1. The van der Waals surface area contributed by atoms with Gasteiger partial charge in [0.2, 0.25) is 0 Å². The zero-order valence-corrected chi connectivity index (χ0v) is 60.3. The fourth-order valence-electron chi connectivity index (χ4n) is 13.0. The van der Waals surface area contributed by atoms with Crippen molar-refractivity contribution in [2.75, 3.05) is 92.3 Å². The summed E-state index contributed by atoms with van der Waals surface area (Å²) in [6, 6.07) is 25.1. The van der Waals surface area contributed by atoms with Crippen molar-refractivity contribution < 1.29 is 95.2 Å². The molecule has 12 atom stereocenters. The molecule has 0 amide bonds. The first kappa shape index (κ1) is 72.1. The number of aromatic amines is 1. The Morgan fingerprint density at radius 2 is 1.00 bits per heavy atom. The molecule has 24 nitrogen and oxygen atoms in total. The van der Waals surface area contributed by atoms with Gasteiger partial charge in [0.05, 0.1) is 92.6 Å². The lowest BCUT2D eigenvalue weighted by atomic mass is 10.1. The van der Waals surface area contributed by atoms with Gasteiger partial charge in [0.1, 0.15) is 95.9 Å². The molecule has 8 aromatic rings. The first-order valence-electron chi connectivity index (χ1n) is 34.0. The molecule has 100 heavy (non-hydrogen) atoms. The summed E-state index contributed by atoms with van der Waals surface area (Å²) in [4.78, 5) is 18.8. The number of rotatable bonds is 23. The Labute approximate surface area is 586 Å². The van der Waals surface area contributed by atoms with Crippen LogP contribution in [-0.2, 0) is 56.1 Å². The average molecular weight is 1490 g/mol. The minimum absolute atomic E-state index is 0.101. The molecule has 5 N–H and O–H groups in total. The van der Waals surface area contributed by atoms with Crippen molar-refractivity contribution in [2.45, 2.75) is 145 Å². The number of pyridine rings is 3. The van der Waals surface area contributed by atoms with Gasteiger partial charge in [0, 0.05) is 96.5 Å². The van der Waals surface area contributed by atoms with Crippen LogP contribution < -0.4 is 18.9 Å². The van der Waals surface area contributed by atoms with E-state index in [-0.39, 0.29) is 104 Å². The molecule has 7 aliphatic rings. The number of benzene rings is 2. The molecular weight excluding hydrogens is 1400 g/mol. The van der Waals surface area contributed by atoms with Crippen molar-refractivity contribution in [3.63, 3.8) is 0 Å². The molecule has 15 rings (SSSR count). The Kier molecular flexibility index (Phi) is 22.6. The number of hydrogen-bond acceptors (Lipinski definition) is 21. The highest BCUT2D eigenvalue weighted by Gasteiger charge is 2.51. The van der Waals surface area contributed by atoms with Crippen molar-refractivity contribution in [1.82, 2.24) is 34.0 Å². The molecule has 7 fully saturated rings. The number of H-pyrrole nitrogens is 1. The number of phenolic OH excluding ortho intramolecular Hbond substituents is 1. The quantitative estimate of drug-likeness (QED) is 0.0227. The van der Waals surface area contributed by atoms with Crippen LogP contribution in [0.25, 0.3) is 55.6 Å². The van der Waals surface area contributed by atoms with E-state index >= 15 is 4.39 Å². The highest BCUT2D eigenvalue weighted by atomic mass is 79.9.